The molecule has 5 heteroatoms. The molecule has 2 saturated carbocycles. The van der Waals surface area contributed by atoms with Crippen molar-refractivity contribution in [3.05, 3.63) is 33.8 Å². The van der Waals surface area contributed by atoms with Gasteiger partial charge in [0, 0.05) is 10.7 Å². The molecule has 1 N–H and O–H groups in total. The van der Waals surface area contributed by atoms with E-state index in [4.69, 9.17) is 23.2 Å². The van der Waals surface area contributed by atoms with Gasteiger partial charge in [-0.3, -0.25) is 4.79 Å². The van der Waals surface area contributed by atoms with Gasteiger partial charge in [-0.25, -0.2) is 5.43 Å². The molecule has 19 heavy (non-hydrogen) atoms. The Morgan fingerprint density at radius 2 is 2.16 bits per heavy atom. The molecule has 100 valence electrons. The minimum atomic E-state index is -0.281. The number of hydrogen-bond donors (Lipinski definition) is 1. The molecule has 2 fully saturated rings. The molecule has 0 aromatic heterocycles. The highest BCUT2D eigenvalue weighted by Crippen LogP contribution is 2.42. The zero-order valence-electron chi connectivity index (χ0n) is 10.3. The maximum absolute atomic E-state index is 12.0. The van der Waals surface area contributed by atoms with Gasteiger partial charge in [0.25, 0.3) is 5.91 Å². The molecule has 0 radical (unpaired) electrons. The number of halogens is 2. The third-order valence-corrected chi connectivity index (χ3v) is 4.53. The van der Waals surface area contributed by atoms with Crippen LogP contribution in [0.15, 0.2) is 23.3 Å². The summed E-state index contributed by atoms with van der Waals surface area (Å²) in [6, 6.07) is 4.82. The van der Waals surface area contributed by atoms with E-state index >= 15 is 0 Å². The first-order valence-electron chi connectivity index (χ1n) is 6.45. The number of rotatable bonds is 2. The van der Waals surface area contributed by atoms with Crippen LogP contribution in [0.4, 0.5) is 0 Å². The summed E-state index contributed by atoms with van der Waals surface area (Å²) in [5.74, 6) is 1.07. The zero-order valence-corrected chi connectivity index (χ0v) is 11.8. The first-order valence-corrected chi connectivity index (χ1v) is 7.21. The Morgan fingerprint density at radius 3 is 2.79 bits per heavy atom. The van der Waals surface area contributed by atoms with Crippen LogP contribution in [0.2, 0.25) is 10.0 Å². The molecule has 0 spiro atoms. The largest absolute Gasteiger partial charge is 0.272 e. The lowest BCUT2D eigenvalue weighted by molar-refractivity contribution is 0.0954. The number of nitrogens with one attached hydrogen (secondary N) is 1. The molecule has 2 bridgehead atoms. The maximum atomic E-state index is 12.0. The van der Waals surface area contributed by atoms with E-state index in [1.54, 1.807) is 18.2 Å². The Kier molecular flexibility index (Phi) is 3.50. The van der Waals surface area contributed by atoms with Crippen molar-refractivity contribution in [3.8, 4) is 0 Å². The van der Waals surface area contributed by atoms with Crippen LogP contribution in [-0.4, -0.2) is 11.6 Å². The third-order valence-electron chi connectivity index (χ3n) is 3.99. The molecular weight excluding hydrogens is 283 g/mol. The van der Waals surface area contributed by atoms with E-state index in [-0.39, 0.29) is 5.91 Å². The second-order valence-corrected chi connectivity index (χ2v) is 6.09. The summed E-state index contributed by atoms with van der Waals surface area (Å²) in [5.41, 5.74) is 4.14. The number of benzene rings is 1. The van der Waals surface area contributed by atoms with Gasteiger partial charge < -0.3 is 0 Å². The average molecular weight is 297 g/mol. The number of fused-ring (bicyclic) bond motifs is 2. The van der Waals surface area contributed by atoms with Gasteiger partial charge >= 0.3 is 0 Å². The first-order chi connectivity index (χ1) is 9.13. The zero-order chi connectivity index (χ0) is 13.4. The van der Waals surface area contributed by atoms with Gasteiger partial charge in [-0.15, -0.1) is 0 Å². The number of hydrogen-bond acceptors (Lipinski definition) is 2. The van der Waals surface area contributed by atoms with Crippen molar-refractivity contribution >= 4 is 34.8 Å². The van der Waals surface area contributed by atoms with Crippen molar-refractivity contribution in [3.63, 3.8) is 0 Å². The highest BCUT2D eigenvalue weighted by molar-refractivity contribution is 6.36. The molecule has 0 aliphatic heterocycles. The van der Waals surface area contributed by atoms with Crippen LogP contribution >= 0.6 is 23.2 Å². The lowest BCUT2D eigenvalue weighted by atomic mass is 9.99. The van der Waals surface area contributed by atoms with Crippen molar-refractivity contribution in [2.24, 2.45) is 16.9 Å². The summed E-state index contributed by atoms with van der Waals surface area (Å²) in [6.45, 7) is 0. The molecule has 2 aliphatic carbocycles. The van der Waals surface area contributed by atoms with Crippen molar-refractivity contribution in [1.29, 1.82) is 0 Å². The Morgan fingerprint density at radius 1 is 1.32 bits per heavy atom. The van der Waals surface area contributed by atoms with Gasteiger partial charge in [0.1, 0.15) is 0 Å². The molecule has 0 heterocycles. The molecule has 1 aromatic carbocycles. The van der Waals surface area contributed by atoms with Gasteiger partial charge in [0.15, 0.2) is 0 Å². The summed E-state index contributed by atoms with van der Waals surface area (Å²) in [4.78, 5) is 12.0. The van der Waals surface area contributed by atoms with Gasteiger partial charge in [-0.1, -0.05) is 23.2 Å². The van der Waals surface area contributed by atoms with E-state index in [0.29, 0.717) is 21.5 Å². The van der Waals surface area contributed by atoms with E-state index in [1.165, 1.54) is 19.3 Å². The van der Waals surface area contributed by atoms with Crippen LogP contribution in [-0.2, 0) is 0 Å². The third kappa shape index (κ3) is 2.63. The van der Waals surface area contributed by atoms with Crippen LogP contribution < -0.4 is 5.43 Å². The summed E-state index contributed by atoms with van der Waals surface area (Å²) >= 11 is 11.8. The summed E-state index contributed by atoms with van der Waals surface area (Å²) < 4.78 is 0. The Hall–Kier alpha value is -1.06. The van der Waals surface area contributed by atoms with Crippen LogP contribution in [0.1, 0.15) is 36.0 Å². The lowest BCUT2D eigenvalue weighted by Crippen LogP contribution is -2.22. The SMILES string of the molecule is O=C(N/N=C1/C[C@@H]2CC[C@H]1C2)c1ccc(Cl)cc1Cl. The van der Waals surface area contributed by atoms with Crippen LogP contribution in [0.25, 0.3) is 0 Å². The van der Waals surface area contributed by atoms with Gasteiger partial charge in [-0.05, 0) is 55.7 Å². The van der Waals surface area contributed by atoms with Crippen molar-refractivity contribution in [2.45, 2.75) is 25.7 Å². The second kappa shape index (κ2) is 5.14. The first kappa shape index (κ1) is 12.9. The predicted octanol–water partition coefficient (Wildman–Crippen LogP) is 3.90. The highest BCUT2D eigenvalue weighted by atomic mass is 35.5. The standard InChI is InChI=1S/C14H14Cl2N2O/c15-10-3-4-11(12(16)7-10)14(19)18-17-13-6-8-1-2-9(13)5-8/h3-4,7-9H,1-2,5-6H2,(H,18,19)/b17-13-/t8-,9+/m1/s1. The Bertz CT molecular complexity index is 556. The molecule has 0 saturated heterocycles. The smallest absolute Gasteiger partial charge is 0.267 e. The van der Waals surface area contributed by atoms with E-state index in [1.807, 2.05) is 0 Å². The van der Waals surface area contributed by atoms with Crippen molar-refractivity contribution in [1.82, 2.24) is 5.43 Å². The molecule has 3 rings (SSSR count). The minimum absolute atomic E-state index is 0.281. The fourth-order valence-corrected chi connectivity index (χ4v) is 3.51. The predicted molar refractivity (Wildman–Crippen MR) is 76.8 cm³/mol. The number of amides is 1. The van der Waals surface area contributed by atoms with E-state index in [9.17, 15) is 4.79 Å². The Balaban J connectivity index is 1.70. The molecule has 1 amide bonds. The lowest BCUT2D eigenvalue weighted by Gasteiger charge is -2.11. The number of carbonyl (C=O) groups is 1. The summed E-state index contributed by atoms with van der Waals surface area (Å²) in [5, 5.41) is 5.13. The Labute approximate surface area is 122 Å². The van der Waals surface area contributed by atoms with Gasteiger partial charge in [-0.2, -0.15) is 5.10 Å². The number of hydrazone groups is 1. The van der Waals surface area contributed by atoms with Crippen LogP contribution in [0.5, 0.6) is 0 Å². The van der Waals surface area contributed by atoms with E-state index < -0.39 is 0 Å². The normalized spacial score (nSPS) is 26.9. The minimum Gasteiger partial charge on any atom is -0.267 e. The molecule has 2 atom stereocenters. The molecule has 2 aliphatic rings. The molecule has 3 nitrogen and oxygen atoms in total. The molecular formula is C14H14Cl2N2O. The monoisotopic (exact) mass is 296 g/mol. The molecule has 0 unspecified atom stereocenters. The van der Waals surface area contributed by atoms with Crippen LogP contribution in [0, 0.1) is 11.8 Å². The van der Waals surface area contributed by atoms with E-state index in [2.05, 4.69) is 10.5 Å². The fraction of sp³-hybridized carbons (Fsp3) is 0.429. The number of carbonyl (C=O) groups excluding carboxylic acids is 1. The second-order valence-electron chi connectivity index (χ2n) is 5.25. The van der Waals surface area contributed by atoms with Crippen molar-refractivity contribution in [2.75, 3.05) is 0 Å². The summed E-state index contributed by atoms with van der Waals surface area (Å²) in [6.07, 6.45) is 4.78. The quantitative estimate of drug-likeness (QED) is 0.826. The fourth-order valence-electron chi connectivity index (χ4n) is 3.02. The highest BCUT2D eigenvalue weighted by Gasteiger charge is 2.36. The maximum Gasteiger partial charge on any atom is 0.272 e. The van der Waals surface area contributed by atoms with Gasteiger partial charge in [0.05, 0.1) is 10.6 Å². The topological polar surface area (TPSA) is 41.5 Å². The van der Waals surface area contributed by atoms with Crippen molar-refractivity contribution < 1.29 is 4.79 Å². The van der Waals surface area contributed by atoms with Gasteiger partial charge in [0.2, 0.25) is 0 Å². The van der Waals surface area contributed by atoms with Crippen LogP contribution in [0.3, 0.4) is 0 Å². The average Bonchev–Trinajstić information content (AvgIpc) is 2.98. The van der Waals surface area contributed by atoms with E-state index in [0.717, 1.165) is 18.1 Å². The number of nitrogens with zero attached hydrogens (tertiary/aromatic N) is 1. The summed E-state index contributed by atoms with van der Waals surface area (Å²) in [7, 11) is 0. The molecule has 1 aromatic rings.